The lowest BCUT2D eigenvalue weighted by molar-refractivity contribution is -0.137. The number of aliphatic carboxylic acids is 1. The second-order valence-electron chi connectivity index (χ2n) is 8.38. The van der Waals surface area contributed by atoms with Gasteiger partial charge in [-0.25, -0.2) is 13.4 Å². The van der Waals surface area contributed by atoms with Crippen molar-refractivity contribution in [1.29, 1.82) is 0 Å². The molecule has 2 aromatic heterocycles. The number of fused-ring (bicyclic) bond motifs is 1. The number of carboxylic acids is 1. The summed E-state index contributed by atoms with van der Waals surface area (Å²) in [6.45, 7) is 6.02. The van der Waals surface area contributed by atoms with E-state index in [-0.39, 0.29) is 24.1 Å². The van der Waals surface area contributed by atoms with Gasteiger partial charge in [-0.05, 0) is 68.7 Å². The molecule has 1 aromatic carbocycles. The van der Waals surface area contributed by atoms with E-state index in [1.54, 1.807) is 42.1 Å². The molecule has 3 aromatic rings. The SMILES string of the molecule is Cc1cc(OC(C)C)ccc1S(=O)(=O)N1CC=C(c2cn(CC(=O)O)c3ncccc23)CC1. The lowest BCUT2D eigenvalue weighted by Gasteiger charge is -2.26. The minimum Gasteiger partial charge on any atom is -0.491 e. The largest absolute Gasteiger partial charge is 0.491 e. The Labute approximate surface area is 193 Å². The number of hydrogen-bond acceptors (Lipinski definition) is 5. The molecule has 0 unspecified atom stereocenters. The Morgan fingerprint density at radius 2 is 2.06 bits per heavy atom. The Kier molecular flexibility index (Phi) is 6.27. The van der Waals surface area contributed by atoms with Gasteiger partial charge in [0.25, 0.3) is 0 Å². The van der Waals surface area contributed by atoms with Gasteiger partial charge in [-0.1, -0.05) is 6.08 Å². The van der Waals surface area contributed by atoms with Gasteiger partial charge < -0.3 is 14.4 Å². The van der Waals surface area contributed by atoms with Crippen LogP contribution in [0.5, 0.6) is 5.75 Å². The van der Waals surface area contributed by atoms with Crippen molar-refractivity contribution in [2.45, 2.75) is 44.7 Å². The van der Waals surface area contributed by atoms with Crippen LogP contribution in [0.4, 0.5) is 0 Å². The molecule has 0 spiro atoms. The highest BCUT2D eigenvalue weighted by Crippen LogP contribution is 2.32. The van der Waals surface area contributed by atoms with Crippen LogP contribution in [0.1, 0.15) is 31.4 Å². The normalized spacial score (nSPS) is 15.1. The summed E-state index contributed by atoms with van der Waals surface area (Å²) in [4.78, 5) is 15.9. The van der Waals surface area contributed by atoms with Crippen molar-refractivity contribution in [3.63, 3.8) is 0 Å². The molecule has 8 nitrogen and oxygen atoms in total. The number of nitrogens with zero attached hydrogens (tertiary/aromatic N) is 3. The standard InChI is InChI=1S/C24H27N3O5S/c1-16(2)32-19-6-7-22(17(3)13-19)33(30,31)27-11-8-18(9-12-27)21-14-26(15-23(28)29)24-20(21)5-4-10-25-24/h4-8,10,13-14,16H,9,11-12,15H2,1-3H3,(H,28,29). The number of rotatable bonds is 7. The molecule has 0 saturated carbocycles. The van der Waals surface area contributed by atoms with Crippen LogP contribution in [0.3, 0.4) is 0 Å². The van der Waals surface area contributed by atoms with E-state index in [2.05, 4.69) is 4.98 Å². The number of aromatic nitrogens is 2. The summed E-state index contributed by atoms with van der Waals surface area (Å²) in [5.41, 5.74) is 3.12. The number of aryl methyl sites for hydroxylation is 1. The molecular weight excluding hydrogens is 442 g/mol. The molecule has 1 aliphatic rings. The topological polar surface area (TPSA) is 102 Å². The molecule has 3 heterocycles. The highest BCUT2D eigenvalue weighted by molar-refractivity contribution is 7.89. The Morgan fingerprint density at radius 1 is 1.27 bits per heavy atom. The van der Waals surface area contributed by atoms with E-state index in [0.717, 1.165) is 16.5 Å². The predicted octanol–water partition coefficient (Wildman–Crippen LogP) is 3.69. The van der Waals surface area contributed by atoms with Crippen molar-refractivity contribution in [3.05, 3.63) is 59.9 Å². The molecule has 1 N–H and O–H groups in total. The van der Waals surface area contributed by atoms with Gasteiger partial charge in [0.1, 0.15) is 17.9 Å². The molecule has 0 atom stereocenters. The fraction of sp³-hybridized carbons (Fsp3) is 0.333. The van der Waals surface area contributed by atoms with Gasteiger partial charge >= 0.3 is 5.97 Å². The van der Waals surface area contributed by atoms with E-state index in [1.165, 1.54) is 4.31 Å². The number of carbonyl (C=O) groups is 1. The van der Waals surface area contributed by atoms with Crippen molar-refractivity contribution in [2.75, 3.05) is 13.1 Å². The van der Waals surface area contributed by atoms with Crippen LogP contribution in [-0.4, -0.2) is 52.5 Å². The van der Waals surface area contributed by atoms with Crippen LogP contribution >= 0.6 is 0 Å². The minimum atomic E-state index is -3.66. The van der Waals surface area contributed by atoms with E-state index < -0.39 is 16.0 Å². The maximum Gasteiger partial charge on any atom is 0.323 e. The van der Waals surface area contributed by atoms with E-state index in [9.17, 15) is 18.3 Å². The summed E-state index contributed by atoms with van der Waals surface area (Å²) >= 11 is 0. The van der Waals surface area contributed by atoms with E-state index >= 15 is 0 Å². The molecule has 33 heavy (non-hydrogen) atoms. The third kappa shape index (κ3) is 4.65. The average Bonchev–Trinajstić information content (AvgIpc) is 3.11. The smallest absolute Gasteiger partial charge is 0.323 e. The van der Waals surface area contributed by atoms with Crippen LogP contribution in [0, 0.1) is 6.92 Å². The molecule has 1 aliphatic heterocycles. The Bertz CT molecular complexity index is 1340. The molecule has 9 heteroatoms. The monoisotopic (exact) mass is 469 g/mol. The van der Waals surface area contributed by atoms with Crippen LogP contribution in [-0.2, 0) is 21.4 Å². The third-order valence-electron chi connectivity index (χ3n) is 5.59. The lowest BCUT2D eigenvalue weighted by atomic mass is 10.0. The first-order chi connectivity index (χ1) is 15.7. The van der Waals surface area contributed by atoms with Gasteiger partial charge in [-0.3, -0.25) is 4.79 Å². The molecular formula is C24H27N3O5S. The van der Waals surface area contributed by atoms with Crippen molar-refractivity contribution < 1.29 is 23.1 Å². The van der Waals surface area contributed by atoms with Crippen LogP contribution in [0.25, 0.3) is 16.6 Å². The maximum atomic E-state index is 13.3. The highest BCUT2D eigenvalue weighted by atomic mass is 32.2. The molecule has 0 radical (unpaired) electrons. The van der Waals surface area contributed by atoms with Gasteiger partial charge in [0.2, 0.25) is 10.0 Å². The molecule has 174 valence electrons. The number of benzene rings is 1. The third-order valence-corrected chi connectivity index (χ3v) is 7.62. The predicted molar refractivity (Wildman–Crippen MR) is 126 cm³/mol. The van der Waals surface area contributed by atoms with E-state index in [0.29, 0.717) is 29.9 Å². The summed E-state index contributed by atoms with van der Waals surface area (Å²) in [5.74, 6) is -0.298. The van der Waals surface area contributed by atoms with Gasteiger partial charge in [0.15, 0.2) is 0 Å². The maximum absolute atomic E-state index is 13.3. The minimum absolute atomic E-state index is 0.00848. The summed E-state index contributed by atoms with van der Waals surface area (Å²) in [6.07, 6.45) is 5.86. The molecule has 0 saturated heterocycles. The summed E-state index contributed by atoms with van der Waals surface area (Å²) < 4.78 is 35.3. The van der Waals surface area contributed by atoms with E-state index in [4.69, 9.17) is 4.74 Å². The summed E-state index contributed by atoms with van der Waals surface area (Å²) in [7, 11) is -3.66. The Balaban J connectivity index is 1.60. The zero-order valence-corrected chi connectivity index (χ0v) is 19.7. The second kappa shape index (κ2) is 8.99. The molecule has 0 amide bonds. The lowest BCUT2D eigenvalue weighted by Crippen LogP contribution is -2.35. The fourth-order valence-electron chi connectivity index (χ4n) is 4.15. The van der Waals surface area contributed by atoms with Crippen molar-refractivity contribution in [1.82, 2.24) is 13.9 Å². The number of carboxylic acid groups (broad SMARTS) is 1. The van der Waals surface area contributed by atoms with Crippen LogP contribution in [0.15, 0.2) is 53.7 Å². The van der Waals surface area contributed by atoms with Crippen LogP contribution in [0.2, 0.25) is 0 Å². The van der Waals surface area contributed by atoms with Gasteiger partial charge in [0.05, 0.1) is 11.0 Å². The van der Waals surface area contributed by atoms with Crippen molar-refractivity contribution in [3.8, 4) is 5.75 Å². The fourth-order valence-corrected chi connectivity index (χ4v) is 5.74. The first-order valence-corrected chi connectivity index (χ1v) is 12.2. The molecule has 0 aliphatic carbocycles. The second-order valence-corrected chi connectivity index (χ2v) is 10.3. The first kappa shape index (κ1) is 23.0. The molecule has 0 bridgehead atoms. The number of ether oxygens (including phenoxy) is 1. The molecule has 4 rings (SSSR count). The van der Waals surface area contributed by atoms with Crippen molar-refractivity contribution in [2.24, 2.45) is 0 Å². The highest BCUT2D eigenvalue weighted by Gasteiger charge is 2.28. The van der Waals surface area contributed by atoms with E-state index in [1.807, 2.05) is 32.1 Å². The Hall–Kier alpha value is -3.17. The first-order valence-electron chi connectivity index (χ1n) is 10.8. The number of pyridine rings is 1. The quantitative estimate of drug-likeness (QED) is 0.566. The average molecular weight is 470 g/mol. The number of hydrogen-bond donors (Lipinski definition) is 1. The molecule has 0 fully saturated rings. The van der Waals surface area contributed by atoms with Gasteiger partial charge in [-0.2, -0.15) is 4.31 Å². The zero-order valence-electron chi connectivity index (χ0n) is 18.9. The van der Waals surface area contributed by atoms with Crippen molar-refractivity contribution >= 4 is 32.6 Å². The summed E-state index contributed by atoms with van der Waals surface area (Å²) in [5, 5.41) is 10.1. The summed E-state index contributed by atoms with van der Waals surface area (Å²) in [6, 6.07) is 8.77. The van der Waals surface area contributed by atoms with Gasteiger partial charge in [-0.15, -0.1) is 0 Å². The number of sulfonamides is 1. The zero-order chi connectivity index (χ0) is 23.8. The van der Waals surface area contributed by atoms with Gasteiger partial charge in [0, 0.05) is 36.4 Å². The van der Waals surface area contributed by atoms with Crippen LogP contribution < -0.4 is 4.74 Å². The Morgan fingerprint density at radius 3 is 2.70 bits per heavy atom.